The number of anilines is 1. The van der Waals surface area contributed by atoms with Crippen LogP contribution in [0, 0.1) is 11.3 Å². The number of pyridine rings is 1. The number of thiophene rings is 1. The molecule has 4 heterocycles. The second kappa shape index (κ2) is 11.9. The van der Waals surface area contributed by atoms with Crippen molar-refractivity contribution < 1.29 is 28.2 Å². The van der Waals surface area contributed by atoms with Gasteiger partial charge in [-0.25, -0.2) is 14.8 Å². The number of nitriles is 1. The number of hydrogen-bond acceptors (Lipinski definition) is 11. The summed E-state index contributed by atoms with van der Waals surface area (Å²) in [5.74, 6) is -0.0117. The molecular weight excluding hydrogens is 588 g/mol. The first-order valence-corrected chi connectivity index (χ1v) is 13.5. The molecule has 5 rings (SSSR count). The van der Waals surface area contributed by atoms with Gasteiger partial charge in [-0.3, -0.25) is 0 Å². The Morgan fingerprint density at radius 1 is 1.23 bits per heavy atom. The van der Waals surface area contributed by atoms with Gasteiger partial charge in [-0.1, -0.05) is 12.1 Å². The van der Waals surface area contributed by atoms with Crippen LogP contribution in [0.25, 0.3) is 22.7 Å². The van der Waals surface area contributed by atoms with E-state index in [2.05, 4.69) is 36.9 Å². The minimum absolute atomic E-state index is 0.0238. The van der Waals surface area contributed by atoms with Crippen LogP contribution in [0.5, 0.6) is 11.8 Å². The molecule has 0 bridgehead atoms. The first-order valence-electron chi connectivity index (χ1n) is 11.9. The number of carbonyl (C=O) groups is 1. The zero-order chi connectivity index (χ0) is 27.4. The largest absolute Gasteiger partial charge is 0.472 e. The highest BCUT2D eigenvalue weighted by atomic mass is 79.9. The van der Waals surface area contributed by atoms with E-state index in [-0.39, 0.29) is 29.9 Å². The first-order chi connectivity index (χ1) is 19.0. The molecule has 200 valence electrons. The van der Waals surface area contributed by atoms with Gasteiger partial charge in [-0.15, -0.1) is 11.3 Å². The highest BCUT2D eigenvalue weighted by Crippen LogP contribution is 2.36. The number of ether oxygens (including phenoxy) is 4. The van der Waals surface area contributed by atoms with E-state index < -0.39 is 5.97 Å². The molecule has 0 saturated carbocycles. The lowest BCUT2D eigenvalue weighted by Gasteiger charge is -2.28. The Morgan fingerprint density at radius 3 is 2.67 bits per heavy atom. The van der Waals surface area contributed by atoms with E-state index in [4.69, 9.17) is 23.4 Å². The van der Waals surface area contributed by atoms with Gasteiger partial charge >= 0.3 is 11.9 Å². The number of oxazole rings is 1. The van der Waals surface area contributed by atoms with Crippen LogP contribution in [0.3, 0.4) is 0 Å². The summed E-state index contributed by atoms with van der Waals surface area (Å²) in [4.78, 5) is 23.5. The van der Waals surface area contributed by atoms with Crippen LogP contribution in [0.15, 0.2) is 50.1 Å². The van der Waals surface area contributed by atoms with Crippen molar-refractivity contribution in [3.8, 4) is 40.6 Å². The highest BCUT2D eigenvalue weighted by molar-refractivity contribution is 9.11. The molecule has 0 spiro atoms. The minimum Gasteiger partial charge on any atom is -0.472 e. The topological polar surface area (TPSA) is 120 Å². The Balaban J connectivity index is 1.54. The average molecular weight is 611 g/mol. The van der Waals surface area contributed by atoms with Gasteiger partial charge in [-0.2, -0.15) is 5.26 Å². The van der Waals surface area contributed by atoms with Crippen molar-refractivity contribution in [2.75, 3.05) is 45.4 Å². The highest BCUT2D eigenvalue weighted by Gasteiger charge is 2.23. The number of benzene rings is 1. The summed E-state index contributed by atoms with van der Waals surface area (Å²) >= 11 is 4.81. The SMILES string of the molecule is COC(=O)c1csc(Br)c1COc1nc(-c2ccc(N3CCOCC3)cc2)cc(-c2ncc(OC)o2)c1C#N. The van der Waals surface area contributed by atoms with Crippen LogP contribution < -0.4 is 14.4 Å². The Morgan fingerprint density at radius 2 is 2.00 bits per heavy atom. The van der Waals surface area contributed by atoms with E-state index in [9.17, 15) is 10.1 Å². The molecule has 0 aliphatic carbocycles. The summed E-state index contributed by atoms with van der Waals surface area (Å²) < 4.78 is 28.0. The van der Waals surface area contributed by atoms with E-state index >= 15 is 0 Å². The second-order valence-corrected chi connectivity index (χ2v) is 10.6. The zero-order valence-electron chi connectivity index (χ0n) is 21.1. The lowest BCUT2D eigenvalue weighted by molar-refractivity contribution is 0.0598. The van der Waals surface area contributed by atoms with Gasteiger partial charge in [0, 0.05) is 35.3 Å². The number of aromatic nitrogens is 2. The maximum atomic E-state index is 12.2. The third-order valence-electron chi connectivity index (χ3n) is 6.15. The molecular formula is C27H23BrN4O6S. The Kier molecular flexibility index (Phi) is 8.11. The Labute approximate surface area is 236 Å². The number of nitrogens with zero attached hydrogens (tertiary/aromatic N) is 4. The van der Waals surface area contributed by atoms with E-state index in [0.29, 0.717) is 39.4 Å². The van der Waals surface area contributed by atoms with Crippen molar-refractivity contribution in [2.45, 2.75) is 6.61 Å². The molecule has 0 unspecified atom stereocenters. The molecule has 4 aromatic rings. The number of carbonyl (C=O) groups excluding carboxylic acids is 1. The van der Waals surface area contributed by atoms with Crippen LogP contribution in [0.2, 0.25) is 0 Å². The molecule has 0 atom stereocenters. The lowest BCUT2D eigenvalue weighted by Crippen LogP contribution is -2.36. The molecule has 1 aliphatic rings. The van der Waals surface area contributed by atoms with Crippen molar-refractivity contribution in [1.82, 2.24) is 9.97 Å². The van der Waals surface area contributed by atoms with Gasteiger partial charge in [0.2, 0.25) is 11.8 Å². The third-order valence-corrected chi connectivity index (χ3v) is 8.00. The van der Waals surface area contributed by atoms with Crippen molar-refractivity contribution in [2.24, 2.45) is 0 Å². The van der Waals surface area contributed by atoms with Crippen molar-refractivity contribution in [3.05, 3.63) is 62.4 Å². The Bertz CT molecular complexity index is 1520. The van der Waals surface area contributed by atoms with Gasteiger partial charge in [0.1, 0.15) is 24.4 Å². The fourth-order valence-electron chi connectivity index (χ4n) is 4.11. The van der Waals surface area contributed by atoms with Crippen LogP contribution in [-0.2, 0) is 16.1 Å². The summed E-state index contributed by atoms with van der Waals surface area (Å²) in [5, 5.41) is 11.8. The quantitative estimate of drug-likeness (QED) is 0.243. The summed E-state index contributed by atoms with van der Waals surface area (Å²) in [5.41, 5.74) is 3.96. The molecule has 1 aromatic carbocycles. The number of hydrogen-bond donors (Lipinski definition) is 0. The summed E-state index contributed by atoms with van der Waals surface area (Å²) in [6, 6.07) is 11.9. The van der Waals surface area contributed by atoms with E-state index in [1.165, 1.54) is 31.8 Å². The number of esters is 1. The molecule has 3 aromatic heterocycles. The standard InChI is InChI=1S/C27H23BrN4O6S/c1-34-23-13-30-25(38-23)18-11-22(16-3-5-17(6-4-16)32-7-9-36-10-8-32)31-26(19(18)12-29)37-14-20-21(27(33)35-2)15-39-24(20)28/h3-6,11,13,15H,7-10,14H2,1-2H3. The average Bonchev–Trinajstić information content (AvgIpc) is 3.62. The van der Waals surface area contributed by atoms with Crippen LogP contribution in [0.4, 0.5) is 5.69 Å². The molecule has 0 radical (unpaired) electrons. The maximum Gasteiger partial charge on any atom is 0.339 e. The third kappa shape index (κ3) is 5.61. The van der Waals surface area contributed by atoms with Gasteiger partial charge < -0.3 is 28.3 Å². The summed E-state index contributed by atoms with van der Waals surface area (Å²) in [6.45, 7) is 3.02. The van der Waals surface area contributed by atoms with Crippen LogP contribution in [0.1, 0.15) is 21.5 Å². The predicted molar refractivity (Wildman–Crippen MR) is 147 cm³/mol. The van der Waals surface area contributed by atoms with E-state index in [1.807, 2.05) is 24.3 Å². The molecule has 0 amide bonds. The maximum absolute atomic E-state index is 12.2. The molecule has 1 aliphatic heterocycles. The fraction of sp³-hybridized carbons (Fsp3) is 0.259. The molecule has 1 saturated heterocycles. The molecule has 10 nitrogen and oxygen atoms in total. The first kappa shape index (κ1) is 26.7. The van der Waals surface area contributed by atoms with E-state index in [0.717, 1.165) is 24.3 Å². The summed E-state index contributed by atoms with van der Waals surface area (Å²) in [7, 11) is 2.79. The van der Waals surface area contributed by atoms with Gasteiger partial charge in [0.25, 0.3) is 0 Å². The summed E-state index contributed by atoms with van der Waals surface area (Å²) in [6.07, 6.45) is 1.43. The number of methoxy groups -OCH3 is 2. The van der Waals surface area contributed by atoms with Gasteiger partial charge in [-0.05, 0) is 34.1 Å². The van der Waals surface area contributed by atoms with Gasteiger partial charge in [0.05, 0.1) is 48.0 Å². The monoisotopic (exact) mass is 610 g/mol. The lowest BCUT2D eigenvalue weighted by atomic mass is 10.0. The fourth-order valence-corrected chi connectivity index (χ4v) is 5.49. The van der Waals surface area contributed by atoms with Crippen LogP contribution in [-0.4, -0.2) is 56.5 Å². The van der Waals surface area contributed by atoms with Crippen molar-refractivity contribution in [3.63, 3.8) is 0 Å². The predicted octanol–water partition coefficient (Wildman–Crippen LogP) is 5.31. The normalized spacial score (nSPS) is 13.1. The number of rotatable bonds is 8. The molecule has 12 heteroatoms. The van der Waals surface area contributed by atoms with Crippen LogP contribution >= 0.6 is 27.3 Å². The molecule has 0 N–H and O–H groups in total. The van der Waals surface area contributed by atoms with Gasteiger partial charge in [0.15, 0.2) is 0 Å². The minimum atomic E-state index is -0.481. The van der Waals surface area contributed by atoms with E-state index in [1.54, 1.807) is 11.4 Å². The molecule has 39 heavy (non-hydrogen) atoms. The Hall–Kier alpha value is -3.92. The van der Waals surface area contributed by atoms with Crippen molar-refractivity contribution >= 4 is 38.9 Å². The molecule has 1 fully saturated rings. The second-order valence-electron chi connectivity index (χ2n) is 8.36. The zero-order valence-corrected chi connectivity index (χ0v) is 23.5. The number of morpholine rings is 1. The number of halogens is 1. The van der Waals surface area contributed by atoms with Crippen molar-refractivity contribution in [1.29, 1.82) is 5.26 Å². The smallest absolute Gasteiger partial charge is 0.339 e.